The molecule has 3 rings (SSSR count). The number of aliphatic hydroxyl groups excluding tert-OH is 2. The second-order valence-electron chi connectivity index (χ2n) is 6.81. The first-order chi connectivity index (χ1) is 15.4. The summed E-state index contributed by atoms with van der Waals surface area (Å²) in [5.41, 5.74) is 3.21. The number of thiophene rings is 1. The smallest absolute Gasteiger partial charge is 0.259 e. The van der Waals surface area contributed by atoms with E-state index in [4.69, 9.17) is 16.9 Å². The Bertz CT molecular complexity index is 1100. The number of anilines is 2. The van der Waals surface area contributed by atoms with Gasteiger partial charge in [-0.25, -0.2) is 0 Å². The summed E-state index contributed by atoms with van der Waals surface area (Å²) in [7, 11) is 0. The highest BCUT2D eigenvalue weighted by molar-refractivity contribution is 7.08. The number of amides is 2. The van der Waals surface area contributed by atoms with Crippen LogP contribution in [0.4, 0.5) is 11.4 Å². The Morgan fingerprint density at radius 3 is 2.28 bits per heavy atom. The maximum absolute atomic E-state index is 12.9. The predicted molar refractivity (Wildman–Crippen MR) is 125 cm³/mol. The van der Waals surface area contributed by atoms with Crippen molar-refractivity contribution in [3.63, 3.8) is 0 Å². The van der Waals surface area contributed by atoms with Crippen molar-refractivity contribution in [3.05, 3.63) is 70.9 Å². The molecule has 2 amide bonds. The van der Waals surface area contributed by atoms with Gasteiger partial charge in [0.1, 0.15) is 0 Å². The third kappa shape index (κ3) is 5.52. The van der Waals surface area contributed by atoms with Crippen molar-refractivity contribution in [1.29, 1.82) is 5.26 Å². The molecule has 0 bridgehead atoms. The van der Waals surface area contributed by atoms with Crippen LogP contribution in [0.5, 0.6) is 0 Å². The van der Waals surface area contributed by atoms with Crippen LogP contribution in [0, 0.1) is 11.3 Å². The van der Waals surface area contributed by atoms with Gasteiger partial charge in [0.25, 0.3) is 11.8 Å². The topological polar surface area (TPSA) is 114 Å². The van der Waals surface area contributed by atoms with Gasteiger partial charge < -0.3 is 20.4 Å². The van der Waals surface area contributed by atoms with Crippen LogP contribution in [-0.2, 0) is 9.59 Å². The van der Waals surface area contributed by atoms with E-state index in [1.807, 2.05) is 35.0 Å². The third-order valence-corrected chi connectivity index (χ3v) is 5.56. The molecule has 2 atom stereocenters. The van der Waals surface area contributed by atoms with E-state index in [1.165, 1.54) is 29.2 Å². The van der Waals surface area contributed by atoms with Gasteiger partial charge in [0.15, 0.2) is 12.2 Å². The standard InChI is InChI=1S/C23H20ClN3O4S/c24-10-11-27(19-7-3-16(4-8-19)17-9-12-32-14-17)23(31)21(29)20(28)22(30)26-18-5-1-15(13-25)2-6-18/h1-9,12,14,20-21,28-29H,10-11H2,(H,26,30)/t20-,21-/m1/s1. The highest BCUT2D eigenvalue weighted by Crippen LogP contribution is 2.25. The third-order valence-electron chi connectivity index (χ3n) is 4.71. The zero-order valence-electron chi connectivity index (χ0n) is 16.8. The lowest BCUT2D eigenvalue weighted by Crippen LogP contribution is -2.50. The average molecular weight is 470 g/mol. The Morgan fingerprint density at radius 1 is 1.03 bits per heavy atom. The molecule has 0 radical (unpaired) electrons. The zero-order chi connectivity index (χ0) is 23.1. The van der Waals surface area contributed by atoms with E-state index in [1.54, 1.807) is 23.5 Å². The van der Waals surface area contributed by atoms with E-state index in [9.17, 15) is 19.8 Å². The largest absolute Gasteiger partial charge is 0.380 e. The van der Waals surface area contributed by atoms with Crippen molar-refractivity contribution in [2.24, 2.45) is 0 Å². The van der Waals surface area contributed by atoms with Crippen LogP contribution in [-0.4, -0.2) is 46.7 Å². The van der Waals surface area contributed by atoms with Crippen LogP contribution >= 0.6 is 22.9 Å². The summed E-state index contributed by atoms with van der Waals surface area (Å²) in [5, 5.41) is 35.9. The second kappa shape index (κ2) is 10.9. The van der Waals surface area contributed by atoms with Gasteiger partial charge in [-0.1, -0.05) is 12.1 Å². The van der Waals surface area contributed by atoms with Crippen molar-refractivity contribution in [2.75, 3.05) is 22.6 Å². The molecule has 0 fully saturated rings. The van der Waals surface area contributed by atoms with Gasteiger partial charge in [0.05, 0.1) is 11.6 Å². The summed E-state index contributed by atoms with van der Waals surface area (Å²) in [6.07, 6.45) is -3.99. The number of carbonyl (C=O) groups excluding carboxylic acids is 2. The molecule has 164 valence electrons. The van der Waals surface area contributed by atoms with E-state index < -0.39 is 24.0 Å². The fraction of sp³-hybridized carbons (Fsp3) is 0.174. The molecule has 1 aromatic heterocycles. The lowest BCUT2D eigenvalue weighted by atomic mass is 10.1. The van der Waals surface area contributed by atoms with Crippen LogP contribution in [0.15, 0.2) is 65.4 Å². The minimum atomic E-state index is -2.00. The van der Waals surface area contributed by atoms with Crippen LogP contribution in [0.3, 0.4) is 0 Å². The number of aliphatic hydroxyl groups is 2. The Labute approximate surface area is 194 Å². The summed E-state index contributed by atoms with van der Waals surface area (Å²) < 4.78 is 0. The maximum atomic E-state index is 12.9. The lowest BCUT2D eigenvalue weighted by Gasteiger charge is -2.26. The minimum absolute atomic E-state index is 0.0825. The first kappa shape index (κ1) is 23.4. The summed E-state index contributed by atoms with van der Waals surface area (Å²) in [6.45, 7) is 0.0825. The monoisotopic (exact) mass is 469 g/mol. The number of nitrogens with one attached hydrogen (secondary N) is 1. The van der Waals surface area contributed by atoms with E-state index in [0.717, 1.165) is 11.1 Å². The predicted octanol–water partition coefficient (Wildman–Crippen LogP) is 3.22. The van der Waals surface area contributed by atoms with Gasteiger partial charge in [0, 0.05) is 23.8 Å². The highest BCUT2D eigenvalue weighted by Gasteiger charge is 2.34. The van der Waals surface area contributed by atoms with Gasteiger partial charge in [-0.15, -0.1) is 11.6 Å². The molecule has 0 saturated heterocycles. The number of nitrogens with zero attached hydrogens (tertiary/aromatic N) is 2. The normalized spacial score (nSPS) is 12.4. The van der Waals surface area contributed by atoms with Crippen LogP contribution in [0.2, 0.25) is 0 Å². The highest BCUT2D eigenvalue weighted by atomic mass is 35.5. The van der Waals surface area contributed by atoms with Crippen LogP contribution in [0.1, 0.15) is 5.56 Å². The summed E-state index contributed by atoms with van der Waals surface area (Å²) in [4.78, 5) is 26.4. The number of carbonyl (C=O) groups is 2. The van der Waals surface area contributed by atoms with Gasteiger partial charge in [-0.3, -0.25) is 9.59 Å². The van der Waals surface area contributed by atoms with Gasteiger partial charge >= 0.3 is 0 Å². The molecule has 0 spiro atoms. The molecule has 0 aliphatic rings. The number of hydrogen-bond acceptors (Lipinski definition) is 6. The molecule has 0 saturated carbocycles. The molecule has 7 nitrogen and oxygen atoms in total. The number of alkyl halides is 1. The minimum Gasteiger partial charge on any atom is -0.380 e. The quantitative estimate of drug-likeness (QED) is 0.438. The molecule has 9 heteroatoms. The molecular formula is C23H20ClN3O4S. The first-order valence-corrected chi connectivity index (χ1v) is 11.1. The number of benzene rings is 2. The van der Waals surface area contributed by atoms with Gasteiger partial charge in [0.2, 0.25) is 0 Å². The van der Waals surface area contributed by atoms with Crippen LogP contribution in [0.25, 0.3) is 11.1 Å². The molecule has 3 N–H and O–H groups in total. The van der Waals surface area contributed by atoms with Crippen molar-refractivity contribution >= 4 is 46.1 Å². The Kier molecular flexibility index (Phi) is 7.98. The van der Waals surface area contributed by atoms with Crippen LogP contribution < -0.4 is 10.2 Å². The summed E-state index contributed by atoms with van der Waals surface area (Å²) in [6, 6.07) is 17.0. The van der Waals surface area contributed by atoms with E-state index in [2.05, 4.69) is 5.32 Å². The Hall–Kier alpha value is -3.22. The maximum Gasteiger partial charge on any atom is 0.259 e. The van der Waals surface area contributed by atoms with E-state index >= 15 is 0 Å². The zero-order valence-corrected chi connectivity index (χ0v) is 18.4. The fourth-order valence-electron chi connectivity index (χ4n) is 3.00. The van der Waals surface area contributed by atoms with Gasteiger partial charge in [-0.2, -0.15) is 16.6 Å². The van der Waals surface area contributed by atoms with E-state index in [0.29, 0.717) is 16.9 Å². The van der Waals surface area contributed by atoms with Crippen molar-refractivity contribution in [2.45, 2.75) is 12.2 Å². The summed E-state index contributed by atoms with van der Waals surface area (Å²) in [5.74, 6) is -1.70. The molecule has 0 unspecified atom stereocenters. The van der Waals surface area contributed by atoms with Crippen molar-refractivity contribution in [3.8, 4) is 17.2 Å². The summed E-state index contributed by atoms with van der Waals surface area (Å²) >= 11 is 7.42. The number of rotatable bonds is 8. The fourth-order valence-corrected chi connectivity index (χ4v) is 3.83. The second-order valence-corrected chi connectivity index (χ2v) is 7.96. The molecule has 2 aromatic carbocycles. The number of hydrogen-bond donors (Lipinski definition) is 3. The Balaban J connectivity index is 1.71. The van der Waals surface area contributed by atoms with Crippen molar-refractivity contribution in [1.82, 2.24) is 0 Å². The molecular weight excluding hydrogens is 450 g/mol. The molecule has 3 aromatic rings. The lowest BCUT2D eigenvalue weighted by molar-refractivity contribution is -0.141. The number of halogens is 1. The number of nitriles is 1. The molecule has 32 heavy (non-hydrogen) atoms. The molecule has 1 heterocycles. The average Bonchev–Trinajstić information content (AvgIpc) is 3.37. The molecule has 0 aliphatic carbocycles. The SMILES string of the molecule is N#Cc1ccc(NC(=O)[C@H](O)[C@@H](O)C(=O)N(CCCl)c2ccc(-c3ccsc3)cc2)cc1. The Morgan fingerprint density at radius 2 is 1.72 bits per heavy atom. The van der Waals surface area contributed by atoms with Crippen molar-refractivity contribution < 1.29 is 19.8 Å². The van der Waals surface area contributed by atoms with E-state index in [-0.39, 0.29) is 12.4 Å². The molecule has 0 aliphatic heterocycles. The first-order valence-electron chi connectivity index (χ1n) is 9.61. The van der Waals surface area contributed by atoms with Gasteiger partial charge in [-0.05, 0) is 64.4 Å².